The van der Waals surface area contributed by atoms with Crippen molar-refractivity contribution in [2.45, 2.75) is 24.9 Å². The highest BCUT2D eigenvalue weighted by Crippen LogP contribution is 2.04. The molecule has 0 aromatic heterocycles. The van der Waals surface area contributed by atoms with Gasteiger partial charge < -0.3 is 20.8 Å². The van der Waals surface area contributed by atoms with Gasteiger partial charge in [-0.3, -0.25) is 9.59 Å². The van der Waals surface area contributed by atoms with Gasteiger partial charge in [-0.1, -0.05) is 30.3 Å². The van der Waals surface area contributed by atoms with Crippen molar-refractivity contribution in [3.05, 3.63) is 35.9 Å². The molecule has 1 aromatic rings. The molecule has 1 rings (SSSR count). The third kappa shape index (κ3) is 5.61. The average molecular weight is 308 g/mol. The van der Waals surface area contributed by atoms with Crippen LogP contribution in [0.15, 0.2) is 30.3 Å². The zero-order chi connectivity index (χ0) is 16.5. The fraction of sp³-hybridized carbons (Fsp3) is 0.286. The number of carboxylic acids is 2. The number of benzene rings is 1. The molecule has 0 saturated heterocycles. The van der Waals surface area contributed by atoms with Gasteiger partial charge in [0.05, 0.1) is 6.42 Å². The minimum atomic E-state index is -1.40. The van der Waals surface area contributed by atoms with Gasteiger partial charge in [0, 0.05) is 6.42 Å². The molecule has 8 nitrogen and oxygen atoms in total. The summed E-state index contributed by atoms with van der Waals surface area (Å²) in [4.78, 5) is 44.0. The molecule has 0 fully saturated rings. The van der Waals surface area contributed by atoms with Crippen molar-refractivity contribution < 1.29 is 29.4 Å². The lowest BCUT2D eigenvalue weighted by atomic mass is 10.1. The molecule has 0 radical (unpaired) electrons. The second-order valence-electron chi connectivity index (χ2n) is 4.53. The molecule has 0 bridgehead atoms. The van der Waals surface area contributed by atoms with E-state index in [2.05, 4.69) is 5.32 Å². The van der Waals surface area contributed by atoms with E-state index in [1.165, 1.54) is 0 Å². The van der Waals surface area contributed by atoms with Gasteiger partial charge in [0.15, 0.2) is 0 Å². The fourth-order valence-electron chi connectivity index (χ4n) is 1.79. The van der Waals surface area contributed by atoms with E-state index in [9.17, 15) is 19.2 Å². The summed E-state index contributed by atoms with van der Waals surface area (Å²) in [5, 5.41) is 22.2. The average Bonchev–Trinajstić information content (AvgIpc) is 2.47. The molecule has 118 valence electrons. The van der Waals surface area contributed by atoms with Crippen LogP contribution in [-0.2, 0) is 25.6 Å². The van der Waals surface area contributed by atoms with E-state index in [1.54, 1.807) is 30.3 Å². The van der Waals surface area contributed by atoms with Gasteiger partial charge in [-0.25, -0.2) is 9.59 Å². The molecule has 0 unspecified atom stereocenters. The zero-order valence-electron chi connectivity index (χ0n) is 11.6. The van der Waals surface area contributed by atoms with Gasteiger partial charge in [0.1, 0.15) is 12.1 Å². The van der Waals surface area contributed by atoms with Crippen LogP contribution in [0.4, 0.5) is 0 Å². The molecule has 1 aromatic carbocycles. The van der Waals surface area contributed by atoms with Crippen molar-refractivity contribution in [1.29, 1.82) is 0 Å². The number of carbonyl (C=O) groups is 4. The number of aliphatic carboxylic acids is 2. The molecule has 22 heavy (non-hydrogen) atoms. The Kier molecular flexibility index (Phi) is 6.55. The first-order valence-corrected chi connectivity index (χ1v) is 6.42. The summed E-state index contributed by atoms with van der Waals surface area (Å²) in [5.41, 5.74) is 0.719. The largest absolute Gasteiger partial charge is 0.480 e. The number of hydrogen-bond donors (Lipinski definition) is 4. The van der Waals surface area contributed by atoms with E-state index in [4.69, 9.17) is 10.2 Å². The van der Waals surface area contributed by atoms with Crippen LogP contribution >= 0.6 is 0 Å². The monoisotopic (exact) mass is 308 g/mol. The molecule has 0 aliphatic rings. The van der Waals surface area contributed by atoms with Crippen LogP contribution in [0.25, 0.3) is 0 Å². The summed E-state index contributed by atoms with van der Waals surface area (Å²) in [6.07, 6.45) is -0.307. The van der Waals surface area contributed by atoms with E-state index in [0.29, 0.717) is 0 Å². The molecule has 0 aliphatic carbocycles. The quantitative estimate of drug-likeness (QED) is 0.450. The van der Waals surface area contributed by atoms with Gasteiger partial charge in [-0.15, -0.1) is 0 Å². The Balaban J connectivity index is 2.66. The maximum atomic E-state index is 11.7. The minimum absolute atomic E-state index is 0.0702. The molecule has 0 saturated carbocycles. The Morgan fingerprint density at radius 1 is 1.05 bits per heavy atom. The lowest BCUT2D eigenvalue weighted by molar-refractivity contribution is -0.143. The van der Waals surface area contributed by atoms with Crippen molar-refractivity contribution in [3.63, 3.8) is 0 Å². The minimum Gasteiger partial charge on any atom is -0.480 e. The van der Waals surface area contributed by atoms with Crippen molar-refractivity contribution in [3.8, 4) is 0 Å². The normalized spacial score (nSPS) is 12.7. The molecule has 2 atom stereocenters. The topological polar surface area (TPSA) is 133 Å². The molecule has 0 spiro atoms. The molecule has 0 heterocycles. The van der Waals surface area contributed by atoms with Gasteiger partial charge in [0.25, 0.3) is 0 Å². The van der Waals surface area contributed by atoms with E-state index in [1.807, 2.05) is 5.32 Å². The predicted molar refractivity (Wildman–Crippen MR) is 75.0 cm³/mol. The van der Waals surface area contributed by atoms with Gasteiger partial charge in [-0.2, -0.15) is 0 Å². The second-order valence-corrected chi connectivity index (χ2v) is 4.53. The first-order valence-electron chi connectivity index (χ1n) is 6.42. The van der Waals surface area contributed by atoms with Gasteiger partial charge >= 0.3 is 11.9 Å². The standard InChI is InChI=1S/C14H16N2O6/c17-8-15-10(13(19)20)7-12(18)16-11(14(21)22)6-9-4-2-1-3-5-9/h1-5,8,10-11H,6-7H2,(H,15,17)(H,16,18)(H,19,20)(H,21,22)/t10-,11-/m0/s1. The number of amides is 2. The van der Waals surface area contributed by atoms with Crippen LogP contribution in [0, 0.1) is 0 Å². The number of nitrogens with one attached hydrogen (secondary N) is 2. The number of carbonyl (C=O) groups excluding carboxylic acids is 2. The van der Waals surface area contributed by atoms with E-state index in [0.717, 1.165) is 5.56 Å². The summed E-state index contributed by atoms with van der Waals surface area (Å²) in [7, 11) is 0. The maximum Gasteiger partial charge on any atom is 0.326 e. The van der Waals surface area contributed by atoms with Crippen molar-refractivity contribution in [2.75, 3.05) is 0 Å². The summed E-state index contributed by atoms with van der Waals surface area (Å²) in [6.45, 7) is 0. The van der Waals surface area contributed by atoms with Crippen molar-refractivity contribution in [2.24, 2.45) is 0 Å². The van der Waals surface area contributed by atoms with Crippen LogP contribution in [0.5, 0.6) is 0 Å². The Hall–Kier alpha value is -2.90. The number of hydrogen-bond acceptors (Lipinski definition) is 4. The fourth-order valence-corrected chi connectivity index (χ4v) is 1.79. The lowest BCUT2D eigenvalue weighted by Crippen LogP contribution is -2.46. The first kappa shape index (κ1) is 17.2. The molecular weight excluding hydrogens is 292 g/mol. The van der Waals surface area contributed by atoms with Crippen LogP contribution in [-0.4, -0.2) is 46.6 Å². The predicted octanol–water partition coefficient (Wildman–Crippen LogP) is -0.612. The second kappa shape index (κ2) is 8.40. The van der Waals surface area contributed by atoms with Crippen molar-refractivity contribution >= 4 is 24.3 Å². The highest BCUT2D eigenvalue weighted by Gasteiger charge is 2.25. The smallest absolute Gasteiger partial charge is 0.326 e. The summed E-state index contributed by atoms with van der Waals surface area (Å²) >= 11 is 0. The maximum absolute atomic E-state index is 11.7. The van der Waals surface area contributed by atoms with Gasteiger partial charge in [-0.05, 0) is 5.56 Å². The molecule has 2 amide bonds. The Labute approximate surface area is 126 Å². The number of carboxylic acid groups (broad SMARTS) is 2. The number of rotatable bonds is 9. The van der Waals surface area contributed by atoms with Crippen LogP contribution in [0.1, 0.15) is 12.0 Å². The Bertz CT molecular complexity index is 546. The van der Waals surface area contributed by atoms with Crippen LogP contribution in [0.2, 0.25) is 0 Å². The zero-order valence-corrected chi connectivity index (χ0v) is 11.6. The SMILES string of the molecule is O=CN[C@@H](CC(=O)N[C@@H](Cc1ccccc1)C(=O)O)C(=O)O. The van der Waals surface area contributed by atoms with Crippen LogP contribution < -0.4 is 10.6 Å². The van der Waals surface area contributed by atoms with Crippen LogP contribution in [0.3, 0.4) is 0 Å². The summed E-state index contributed by atoms with van der Waals surface area (Å²) < 4.78 is 0. The van der Waals surface area contributed by atoms with E-state index < -0.39 is 36.4 Å². The third-order valence-corrected chi connectivity index (χ3v) is 2.87. The molecule has 4 N–H and O–H groups in total. The highest BCUT2D eigenvalue weighted by molar-refractivity contribution is 5.88. The third-order valence-electron chi connectivity index (χ3n) is 2.87. The molecule has 8 heteroatoms. The summed E-state index contributed by atoms with van der Waals surface area (Å²) in [6, 6.07) is 6.12. The Morgan fingerprint density at radius 2 is 1.64 bits per heavy atom. The molecular formula is C14H16N2O6. The van der Waals surface area contributed by atoms with E-state index in [-0.39, 0.29) is 12.8 Å². The van der Waals surface area contributed by atoms with Gasteiger partial charge in [0.2, 0.25) is 12.3 Å². The summed E-state index contributed by atoms with van der Waals surface area (Å²) in [5.74, 6) is -3.38. The Morgan fingerprint density at radius 3 is 2.14 bits per heavy atom. The van der Waals surface area contributed by atoms with Crippen molar-refractivity contribution in [1.82, 2.24) is 10.6 Å². The van der Waals surface area contributed by atoms with E-state index >= 15 is 0 Å². The first-order chi connectivity index (χ1) is 10.4. The highest BCUT2D eigenvalue weighted by atomic mass is 16.4. The lowest BCUT2D eigenvalue weighted by Gasteiger charge is -2.16. The molecule has 0 aliphatic heterocycles.